The summed E-state index contributed by atoms with van der Waals surface area (Å²) >= 11 is 0. The number of methoxy groups -OCH3 is 1. The van der Waals surface area contributed by atoms with Gasteiger partial charge >= 0.3 is 0 Å². The fourth-order valence-corrected chi connectivity index (χ4v) is 2.54. The minimum atomic E-state index is -0.423. The number of hydrogen-bond donors (Lipinski definition) is 3. The number of hydrogen-bond acceptors (Lipinski definition) is 4. The summed E-state index contributed by atoms with van der Waals surface area (Å²) in [6.07, 6.45) is 4.61. The Kier molecular flexibility index (Phi) is 4.70. The molecule has 132 valence electrons. The maximum atomic E-state index is 12.4. The highest BCUT2D eigenvalue weighted by molar-refractivity contribution is 5.66. The van der Waals surface area contributed by atoms with E-state index < -0.39 is 11.1 Å². The van der Waals surface area contributed by atoms with Crippen molar-refractivity contribution in [3.05, 3.63) is 85.5 Å². The lowest BCUT2D eigenvalue weighted by molar-refractivity contribution is 0.414. The predicted octanol–water partition coefficient (Wildman–Crippen LogP) is 0.486. The van der Waals surface area contributed by atoms with Crippen LogP contribution >= 0.6 is 0 Å². The fraction of sp³-hybridized carbons (Fsp3) is 0.105. The Balaban J connectivity index is 2.16. The van der Waals surface area contributed by atoms with Crippen LogP contribution in [-0.4, -0.2) is 27.0 Å². The number of H-pyrrole nitrogens is 3. The van der Waals surface area contributed by atoms with Crippen molar-refractivity contribution in [1.29, 1.82) is 0 Å². The fourth-order valence-electron chi connectivity index (χ4n) is 2.54. The zero-order valence-corrected chi connectivity index (χ0v) is 14.4. The van der Waals surface area contributed by atoms with Crippen LogP contribution in [0.15, 0.2) is 46.8 Å². The number of ether oxygens (including phenoxy) is 1. The van der Waals surface area contributed by atoms with E-state index in [9.17, 15) is 9.59 Å². The second-order valence-electron chi connectivity index (χ2n) is 5.71. The molecule has 0 aliphatic rings. The number of benzene rings is 1. The van der Waals surface area contributed by atoms with Crippen molar-refractivity contribution in [3.8, 4) is 5.75 Å². The van der Waals surface area contributed by atoms with Crippen molar-refractivity contribution >= 4 is 17.7 Å². The van der Waals surface area contributed by atoms with E-state index in [1.54, 1.807) is 25.3 Å². The first-order chi connectivity index (χ1) is 12.5. The number of para-hydroxylation sites is 1. The summed E-state index contributed by atoms with van der Waals surface area (Å²) in [5.41, 5.74) is 1.82. The monoisotopic (exact) mass is 350 g/mol. The van der Waals surface area contributed by atoms with E-state index in [0.717, 1.165) is 5.57 Å². The molecule has 0 amide bonds. The molecule has 0 atom stereocenters. The van der Waals surface area contributed by atoms with Crippen molar-refractivity contribution in [3.63, 3.8) is 0 Å². The summed E-state index contributed by atoms with van der Waals surface area (Å²) in [7, 11) is 1.54. The Hall–Kier alpha value is -3.61. The number of aromatic nitrogens is 4. The van der Waals surface area contributed by atoms with Crippen LogP contribution in [0.2, 0.25) is 0 Å². The maximum Gasteiger partial charge on any atom is 0.272 e. The Morgan fingerprint density at radius 1 is 1.12 bits per heavy atom. The van der Waals surface area contributed by atoms with Crippen LogP contribution < -0.4 is 26.6 Å². The first kappa shape index (κ1) is 17.2. The quantitative estimate of drug-likeness (QED) is 0.637. The van der Waals surface area contributed by atoms with E-state index in [0.29, 0.717) is 22.7 Å². The third kappa shape index (κ3) is 3.41. The Labute approximate surface area is 148 Å². The first-order valence-corrected chi connectivity index (χ1v) is 7.88. The molecule has 7 heteroatoms. The molecule has 2 aromatic heterocycles. The SMILES string of the molecule is C=C(C)c1nc[nH]c1/C=c1\[nH]c(=O)/c(=C/c2ccccc2OC)[nH]c1=O. The lowest BCUT2D eigenvalue weighted by Crippen LogP contribution is -2.46. The molecule has 0 saturated carbocycles. The molecular formula is C19H18N4O3. The van der Waals surface area contributed by atoms with Gasteiger partial charge in [-0.15, -0.1) is 0 Å². The summed E-state index contributed by atoms with van der Waals surface area (Å²) < 4.78 is 5.26. The highest BCUT2D eigenvalue weighted by atomic mass is 16.5. The molecule has 0 spiro atoms. The van der Waals surface area contributed by atoms with Crippen molar-refractivity contribution in [2.45, 2.75) is 6.92 Å². The number of rotatable bonds is 4. The molecule has 0 unspecified atom stereocenters. The van der Waals surface area contributed by atoms with Gasteiger partial charge in [0.2, 0.25) is 0 Å². The molecule has 7 nitrogen and oxygen atoms in total. The molecule has 3 aromatic rings. The Bertz CT molecular complexity index is 1200. The second-order valence-corrected chi connectivity index (χ2v) is 5.71. The number of aromatic amines is 3. The first-order valence-electron chi connectivity index (χ1n) is 7.88. The number of allylic oxidation sites excluding steroid dienone is 1. The molecule has 26 heavy (non-hydrogen) atoms. The Morgan fingerprint density at radius 2 is 1.77 bits per heavy atom. The van der Waals surface area contributed by atoms with Crippen molar-refractivity contribution in [1.82, 2.24) is 19.9 Å². The second kappa shape index (κ2) is 7.10. The van der Waals surface area contributed by atoms with Crippen molar-refractivity contribution in [2.75, 3.05) is 7.11 Å². The topological polar surface area (TPSA) is 104 Å². The van der Waals surface area contributed by atoms with Gasteiger partial charge in [-0.1, -0.05) is 24.8 Å². The molecule has 0 radical (unpaired) electrons. The van der Waals surface area contributed by atoms with E-state index in [1.165, 1.54) is 12.4 Å². The van der Waals surface area contributed by atoms with Gasteiger partial charge in [0.1, 0.15) is 16.4 Å². The average molecular weight is 350 g/mol. The van der Waals surface area contributed by atoms with Crippen LogP contribution in [0.1, 0.15) is 23.9 Å². The predicted molar refractivity (Wildman–Crippen MR) is 100 cm³/mol. The number of nitrogens with zero attached hydrogens (tertiary/aromatic N) is 1. The largest absolute Gasteiger partial charge is 0.496 e. The molecule has 1 aromatic carbocycles. The molecule has 3 rings (SSSR count). The van der Waals surface area contributed by atoms with Crippen molar-refractivity contribution < 1.29 is 4.74 Å². The van der Waals surface area contributed by atoms with E-state index in [4.69, 9.17) is 4.74 Å². The smallest absolute Gasteiger partial charge is 0.272 e. The van der Waals surface area contributed by atoms with Crippen LogP contribution in [0.3, 0.4) is 0 Å². The molecule has 2 heterocycles. The van der Waals surface area contributed by atoms with Gasteiger partial charge in [-0.25, -0.2) is 4.98 Å². The van der Waals surface area contributed by atoms with E-state index in [2.05, 4.69) is 26.5 Å². The van der Waals surface area contributed by atoms with E-state index in [-0.39, 0.29) is 10.7 Å². The summed E-state index contributed by atoms with van der Waals surface area (Å²) in [4.78, 5) is 37.0. The van der Waals surface area contributed by atoms with Gasteiger partial charge in [-0.05, 0) is 30.7 Å². The van der Waals surface area contributed by atoms with Gasteiger partial charge in [0, 0.05) is 5.56 Å². The zero-order valence-electron chi connectivity index (χ0n) is 14.4. The summed E-state index contributed by atoms with van der Waals surface area (Å²) in [6, 6.07) is 7.21. The summed E-state index contributed by atoms with van der Waals surface area (Å²) in [5.74, 6) is 0.604. The molecule has 3 N–H and O–H groups in total. The van der Waals surface area contributed by atoms with Crippen LogP contribution in [-0.2, 0) is 0 Å². The van der Waals surface area contributed by atoms with Crippen LogP contribution in [0, 0.1) is 0 Å². The average Bonchev–Trinajstić information content (AvgIpc) is 3.08. The lowest BCUT2D eigenvalue weighted by atomic mass is 10.2. The minimum Gasteiger partial charge on any atom is -0.496 e. The van der Waals surface area contributed by atoms with E-state index >= 15 is 0 Å². The van der Waals surface area contributed by atoms with Crippen molar-refractivity contribution in [2.24, 2.45) is 0 Å². The summed E-state index contributed by atoms with van der Waals surface area (Å²) in [6.45, 7) is 5.65. The standard InChI is InChI=1S/C19H18N4O3/c1-11(2)17-13(20-10-21-17)9-15-19(25)22-14(18(24)23-15)8-12-6-4-5-7-16(12)26-3/h4-10H,1H2,2-3H3,(H,20,21)(H,22,25)(H,23,24)/b14-8-,15-9-. The molecular weight excluding hydrogens is 332 g/mol. The number of nitrogens with one attached hydrogen (secondary N) is 3. The zero-order chi connectivity index (χ0) is 18.7. The third-order valence-electron chi connectivity index (χ3n) is 3.79. The lowest BCUT2D eigenvalue weighted by Gasteiger charge is -2.02. The molecule has 0 bridgehead atoms. The normalized spacial score (nSPS) is 12.4. The number of imidazole rings is 1. The molecule has 0 saturated heterocycles. The van der Waals surface area contributed by atoms with E-state index in [1.807, 2.05) is 19.1 Å². The summed E-state index contributed by atoms with van der Waals surface area (Å²) in [5, 5.41) is 0.264. The van der Waals surface area contributed by atoms with Gasteiger partial charge in [0.25, 0.3) is 11.1 Å². The third-order valence-corrected chi connectivity index (χ3v) is 3.79. The maximum absolute atomic E-state index is 12.4. The minimum absolute atomic E-state index is 0.124. The molecule has 0 fully saturated rings. The van der Waals surface area contributed by atoms with Crippen LogP contribution in [0.4, 0.5) is 0 Å². The Morgan fingerprint density at radius 3 is 2.42 bits per heavy atom. The van der Waals surface area contributed by atoms with Gasteiger partial charge in [-0.3, -0.25) is 9.59 Å². The highest BCUT2D eigenvalue weighted by Crippen LogP contribution is 2.17. The van der Waals surface area contributed by atoms with Gasteiger partial charge < -0.3 is 19.7 Å². The molecule has 0 aliphatic carbocycles. The van der Waals surface area contributed by atoms with Crippen LogP contribution in [0.25, 0.3) is 17.7 Å². The van der Waals surface area contributed by atoms with Crippen LogP contribution in [0.5, 0.6) is 5.75 Å². The van der Waals surface area contributed by atoms with Gasteiger partial charge in [0.15, 0.2) is 0 Å². The van der Waals surface area contributed by atoms with Gasteiger partial charge in [-0.2, -0.15) is 0 Å². The van der Waals surface area contributed by atoms with Gasteiger partial charge in [0.05, 0.1) is 24.8 Å². The molecule has 0 aliphatic heterocycles. The highest BCUT2D eigenvalue weighted by Gasteiger charge is 2.05.